The lowest BCUT2D eigenvalue weighted by molar-refractivity contribution is -0.0604. The fourth-order valence-electron chi connectivity index (χ4n) is 5.86. The summed E-state index contributed by atoms with van der Waals surface area (Å²) in [6, 6.07) is 4.30. The molecule has 0 aliphatic heterocycles. The van der Waals surface area contributed by atoms with Gasteiger partial charge in [-0.05, 0) is 80.2 Å². The van der Waals surface area contributed by atoms with Gasteiger partial charge in [-0.2, -0.15) is 0 Å². The Labute approximate surface area is 115 Å². The molecule has 1 aromatic heterocycles. The van der Waals surface area contributed by atoms with E-state index in [1.165, 1.54) is 44.9 Å². The summed E-state index contributed by atoms with van der Waals surface area (Å²) in [5.74, 6) is 4.14. The van der Waals surface area contributed by atoms with Gasteiger partial charge in [0.25, 0.3) is 0 Å². The Morgan fingerprint density at radius 2 is 1.79 bits per heavy atom. The topological polar surface area (TPSA) is 39.2 Å². The van der Waals surface area contributed by atoms with Crippen molar-refractivity contribution in [3.8, 4) is 0 Å². The van der Waals surface area contributed by atoms with Crippen molar-refractivity contribution in [2.24, 2.45) is 28.9 Å². The molecule has 0 saturated heterocycles. The van der Waals surface area contributed by atoms with Gasteiger partial charge in [-0.3, -0.25) is 0 Å². The fourth-order valence-corrected chi connectivity index (χ4v) is 5.86. The largest absolute Gasteiger partial charge is 0.469 e. The van der Waals surface area contributed by atoms with Crippen molar-refractivity contribution in [2.75, 3.05) is 0 Å². The number of nitrogens with two attached hydrogens (primary N) is 1. The Balaban J connectivity index is 1.44. The van der Waals surface area contributed by atoms with Gasteiger partial charge in [0.05, 0.1) is 6.26 Å². The highest BCUT2D eigenvalue weighted by molar-refractivity contribution is 5.05. The van der Waals surface area contributed by atoms with Gasteiger partial charge in [0.2, 0.25) is 0 Å². The van der Waals surface area contributed by atoms with Crippen LogP contribution in [0.1, 0.15) is 50.7 Å². The molecule has 1 aromatic rings. The second-order valence-corrected chi connectivity index (χ2v) is 7.67. The Hall–Kier alpha value is -0.760. The van der Waals surface area contributed by atoms with Crippen LogP contribution in [0.15, 0.2) is 22.8 Å². The van der Waals surface area contributed by atoms with Gasteiger partial charge in [-0.1, -0.05) is 0 Å². The minimum Gasteiger partial charge on any atom is -0.469 e. The lowest BCUT2D eigenvalue weighted by Crippen LogP contribution is -2.48. The summed E-state index contributed by atoms with van der Waals surface area (Å²) >= 11 is 0. The summed E-state index contributed by atoms with van der Waals surface area (Å²) in [5.41, 5.74) is 7.02. The Bertz CT molecular complexity index is 401. The molecule has 4 fully saturated rings. The third-order valence-electron chi connectivity index (χ3n) is 5.90. The average molecular weight is 259 g/mol. The van der Waals surface area contributed by atoms with E-state index < -0.39 is 0 Å². The van der Waals surface area contributed by atoms with Crippen LogP contribution in [0, 0.1) is 23.2 Å². The monoisotopic (exact) mass is 259 g/mol. The normalized spacial score (nSPS) is 41.6. The molecule has 1 heterocycles. The molecule has 2 nitrogen and oxygen atoms in total. The molecule has 2 N–H and O–H groups in total. The molecule has 5 rings (SSSR count). The van der Waals surface area contributed by atoms with Crippen molar-refractivity contribution in [1.82, 2.24) is 0 Å². The third-order valence-corrected chi connectivity index (χ3v) is 5.90. The number of furan rings is 1. The van der Waals surface area contributed by atoms with Gasteiger partial charge in [-0.25, -0.2) is 0 Å². The molecule has 4 bridgehead atoms. The molecule has 4 aliphatic carbocycles. The fraction of sp³-hybridized carbons (Fsp3) is 0.765. The smallest absolute Gasteiger partial charge is 0.105 e. The van der Waals surface area contributed by atoms with Crippen molar-refractivity contribution in [3.05, 3.63) is 24.2 Å². The van der Waals surface area contributed by atoms with Crippen LogP contribution in [0.4, 0.5) is 0 Å². The number of hydrogen-bond donors (Lipinski definition) is 1. The first-order valence-electron chi connectivity index (χ1n) is 7.99. The first-order valence-corrected chi connectivity index (χ1v) is 7.99. The van der Waals surface area contributed by atoms with E-state index in [1.807, 2.05) is 6.07 Å². The second kappa shape index (κ2) is 4.37. The molecule has 0 aromatic carbocycles. The van der Waals surface area contributed by atoms with E-state index >= 15 is 0 Å². The number of rotatable bonds is 4. The molecular formula is C17H25NO. The SMILES string of the molecule is NC(Cc1ccco1)CC12CC3CC(CC(C3)C1)C2. The van der Waals surface area contributed by atoms with Gasteiger partial charge < -0.3 is 10.2 Å². The highest BCUT2D eigenvalue weighted by atomic mass is 16.3. The first-order chi connectivity index (χ1) is 9.21. The quantitative estimate of drug-likeness (QED) is 0.894. The first kappa shape index (κ1) is 12.0. The Morgan fingerprint density at radius 3 is 2.32 bits per heavy atom. The predicted octanol–water partition coefficient (Wildman–Crippen LogP) is 3.76. The van der Waals surface area contributed by atoms with Gasteiger partial charge in [0, 0.05) is 12.5 Å². The molecular weight excluding hydrogens is 234 g/mol. The maximum Gasteiger partial charge on any atom is 0.105 e. The van der Waals surface area contributed by atoms with Crippen LogP contribution in [0.3, 0.4) is 0 Å². The van der Waals surface area contributed by atoms with Crippen molar-refractivity contribution in [3.63, 3.8) is 0 Å². The predicted molar refractivity (Wildman–Crippen MR) is 75.6 cm³/mol. The van der Waals surface area contributed by atoms with E-state index in [4.69, 9.17) is 10.2 Å². The zero-order valence-electron chi connectivity index (χ0n) is 11.7. The summed E-state index contributed by atoms with van der Waals surface area (Å²) < 4.78 is 5.44. The highest BCUT2D eigenvalue weighted by Crippen LogP contribution is 2.61. The molecule has 1 unspecified atom stereocenters. The molecule has 4 saturated carbocycles. The third kappa shape index (κ3) is 2.24. The maximum atomic E-state index is 6.43. The molecule has 104 valence electrons. The van der Waals surface area contributed by atoms with Crippen LogP contribution in [-0.2, 0) is 6.42 Å². The molecule has 2 heteroatoms. The van der Waals surface area contributed by atoms with Gasteiger partial charge in [-0.15, -0.1) is 0 Å². The van der Waals surface area contributed by atoms with E-state index in [-0.39, 0.29) is 6.04 Å². The zero-order chi connectivity index (χ0) is 12.9. The van der Waals surface area contributed by atoms with Crippen LogP contribution in [0.2, 0.25) is 0 Å². The molecule has 0 amide bonds. The van der Waals surface area contributed by atoms with E-state index in [1.54, 1.807) is 6.26 Å². The molecule has 19 heavy (non-hydrogen) atoms. The van der Waals surface area contributed by atoms with Gasteiger partial charge in [0.15, 0.2) is 0 Å². The van der Waals surface area contributed by atoms with Crippen molar-refractivity contribution in [1.29, 1.82) is 0 Å². The van der Waals surface area contributed by atoms with Crippen molar-refractivity contribution >= 4 is 0 Å². The lowest BCUT2D eigenvalue weighted by atomic mass is 9.48. The minimum absolute atomic E-state index is 0.280. The Kier molecular flexibility index (Phi) is 2.77. The standard InChI is InChI=1S/C17H25NO/c18-15(7-16-2-1-3-19-16)11-17-8-12-4-13(9-17)6-14(5-12)10-17/h1-3,12-15H,4-11,18H2. The van der Waals surface area contributed by atoms with Crippen LogP contribution >= 0.6 is 0 Å². The molecule has 0 spiro atoms. The molecule has 1 atom stereocenters. The van der Waals surface area contributed by atoms with Crippen molar-refractivity contribution in [2.45, 2.75) is 57.4 Å². The van der Waals surface area contributed by atoms with E-state index in [9.17, 15) is 0 Å². The summed E-state index contributed by atoms with van der Waals surface area (Å²) in [4.78, 5) is 0. The van der Waals surface area contributed by atoms with E-state index in [2.05, 4.69) is 6.07 Å². The number of hydrogen-bond acceptors (Lipinski definition) is 2. The lowest BCUT2D eigenvalue weighted by Gasteiger charge is -2.57. The average Bonchev–Trinajstić information content (AvgIpc) is 2.78. The van der Waals surface area contributed by atoms with E-state index in [0.717, 1.165) is 29.9 Å². The minimum atomic E-state index is 0.280. The van der Waals surface area contributed by atoms with Crippen LogP contribution in [0.25, 0.3) is 0 Å². The Morgan fingerprint density at radius 1 is 1.16 bits per heavy atom. The van der Waals surface area contributed by atoms with E-state index in [0.29, 0.717) is 5.41 Å². The van der Waals surface area contributed by atoms with Gasteiger partial charge >= 0.3 is 0 Å². The summed E-state index contributed by atoms with van der Waals surface area (Å²) in [5, 5.41) is 0. The van der Waals surface area contributed by atoms with Crippen LogP contribution < -0.4 is 5.73 Å². The second-order valence-electron chi connectivity index (χ2n) is 7.67. The van der Waals surface area contributed by atoms with Crippen LogP contribution in [0.5, 0.6) is 0 Å². The summed E-state index contributed by atoms with van der Waals surface area (Å²) in [7, 11) is 0. The maximum absolute atomic E-state index is 6.43. The summed E-state index contributed by atoms with van der Waals surface area (Å²) in [6.45, 7) is 0. The molecule has 4 aliphatic rings. The highest BCUT2D eigenvalue weighted by Gasteiger charge is 2.50. The van der Waals surface area contributed by atoms with Crippen LogP contribution in [-0.4, -0.2) is 6.04 Å². The molecule has 0 radical (unpaired) electrons. The summed E-state index contributed by atoms with van der Waals surface area (Å²) in [6.07, 6.45) is 12.8. The zero-order valence-corrected chi connectivity index (χ0v) is 11.7. The van der Waals surface area contributed by atoms with Gasteiger partial charge in [0.1, 0.15) is 5.76 Å². The van der Waals surface area contributed by atoms with Crippen molar-refractivity contribution < 1.29 is 4.42 Å².